The lowest BCUT2D eigenvalue weighted by Crippen LogP contribution is -2.43. The summed E-state index contributed by atoms with van der Waals surface area (Å²) in [6.45, 7) is 7.74. The minimum Gasteiger partial charge on any atom is -0.512 e. The number of allylic oxidation sites excluding steroid dienone is 2. The molecule has 2 aliphatic carbocycles. The molecule has 2 aromatic carbocycles. The van der Waals surface area contributed by atoms with Crippen molar-refractivity contribution in [3.8, 4) is 0 Å². The first kappa shape index (κ1) is 21.5. The van der Waals surface area contributed by atoms with E-state index in [1.807, 2.05) is 70.2 Å². The second-order valence-corrected chi connectivity index (χ2v) is 10.8. The van der Waals surface area contributed by atoms with Crippen LogP contribution in [-0.2, 0) is 14.4 Å². The number of ketones is 3. The normalized spacial score (nSPS) is 22.8. The molecule has 0 unspecified atom stereocenters. The molecule has 4 nitrogen and oxygen atoms in total. The summed E-state index contributed by atoms with van der Waals surface area (Å²) in [5.74, 6) is -2.11. The summed E-state index contributed by atoms with van der Waals surface area (Å²) in [6.07, 6.45) is 1.23. The van der Waals surface area contributed by atoms with Gasteiger partial charge in [0.25, 0.3) is 0 Å². The summed E-state index contributed by atoms with van der Waals surface area (Å²) < 4.78 is 0. The minimum absolute atomic E-state index is 0.0184. The lowest BCUT2D eigenvalue weighted by molar-refractivity contribution is -0.140. The van der Waals surface area contributed by atoms with Crippen LogP contribution < -0.4 is 0 Å². The molecule has 4 rings (SSSR count). The van der Waals surface area contributed by atoms with E-state index in [-0.39, 0.29) is 45.9 Å². The van der Waals surface area contributed by atoms with Gasteiger partial charge in [-0.05, 0) is 27.2 Å². The van der Waals surface area contributed by atoms with Gasteiger partial charge in [0, 0.05) is 37.2 Å². The molecule has 0 aliphatic heterocycles. The first-order valence-electron chi connectivity index (χ1n) is 11.0. The van der Waals surface area contributed by atoms with Crippen molar-refractivity contribution in [3.63, 3.8) is 0 Å². The molecule has 0 spiro atoms. The van der Waals surface area contributed by atoms with Gasteiger partial charge in [-0.2, -0.15) is 0 Å². The van der Waals surface area contributed by atoms with Crippen LogP contribution in [-0.4, -0.2) is 22.5 Å². The molecule has 1 saturated carbocycles. The number of rotatable bonds is 3. The minimum atomic E-state index is -0.934. The van der Waals surface area contributed by atoms with Crippen molar-refractivity contribution in [2.45, 2.75) is 59.3 Å². The van der Waals surface area contributed by atoms with Crippen LogP contribution in [0.25, 0.3) is 10.8 Å². The third-order valence-corrected chi connectivity index (χ3v) is 6.67. The Balaban J connectivity index is 1.90. The molecule has 162 valence electrons. The molecule has 0 heterocycles. The Morgan fingerprint density at radius 2 is 1.39 bits per heavy atom. The van der Waals surface area contributed by atoms with Crippen molar-refractivity contribution in [3.05, 3.63) is 59.4 Å². The molecule has 2 aliphatic rings. The molecule has 2 aromatic rings. The second-order valence-electron chi connectivity index (χ2n) is 10.8. The number of hydrogen-bond donors (Lipinski definition) is 1. The maximum atomic E-state index is 13.2. The Bertz CT molecular complexity index is 1100. The predicted octanol–water partition coefficient (Wildman–Crippen LogP) is 5.70. The van der Waals surface area contributed by atoms with Crippen molar-refractivity contribution in [1.82, 2.24) is 0 Å². The van der Waals surface area contributed by atoms with Crippen LogP contribution in [0.3, 0.4) is 0 Å². The van der Waals surface area contributed by atoms with E-state index in [1.54, 1.807) is 0 Å². The van der Waals surface area contributed by atoms with E-state index in [0.29, 0.717) is 19.3 Å². The topological polar surface area (TPSA) is 71.4 Å². The van der Waals surface area contributed by atoms with E-state index >= 15 is 0 Å². The van der Waals surface area contributed by atoms with E-state index in [2.05, 4.69) is 0 Å². The number of benzene rings is 2. The van der Waals surface area contributed by atoms with Crippen LogP contribution in [0.15, 0.2) is 53.8 Å². The standard InChI is InChI=1S/C27H30O4/c1-26(2)12-19(28)24(20(29)13-26)23(25-21(30)14-27(3,4)15-22(25)31)18-10-9-16-7-5-6-8-17(16)11-18/h5-11,23-24,30H,12-15H2,1-4H3/t23-/m1/s1. The highest BCUT2D eigenvalue weighted by Gasteiger charge is 2.48. The van der Waals surface area contributed by atoms with Crippen LogP contribution in [0.4, 0.5) is 0 Å². The predicted molar refractivity (Wildman–Crippen MR) is 121 cm³/mol. The summed E-state index contributed by atoms with van der Waals surface area (Å²) in [5, 5.41) is 13.0. The average Bonchev–Trinajstić information content (AvgIpc) is 2.63. The maximum Gasteiger partial charge on any atom is 0.163 e. The number of fused-ring (bicyclic) bond motifs is 1. The van der Waals surface area contributed by atoms with Gasteiger partial charge in [-0.15, -0.1) is 0 Å². The molecule has 0 bridgehead atoms. The molecular weight excluding hydrogens is 388 g/mol. The molecule has 1 N–H and O–H groups in total. The molecule has 0 amide bonds. The Hall–Kier alpha value is -2.75. The quantitative estimate of drug-likeness (QED) is 0.649. The van der Waals surface area contributed by atoms with Crippen molar-refractivity contribution in [1.29, 1.82) is 0 Å². The number of aliphatic hydroxyl groups is 1. The van der Waals surface area contributed by atoms with Gasteiger partial charge in [0.15, 0.2) is 5.78 Å². The lowest BCUT2D eigenvalue weighted by Gasteiger charge is -2.39. The van der Waals surface area contributed by atoms with Crippen LogP contribution in [0, 0.1) is 16.7 Å². The van der Waals surface area contributed by atoms with E-state index in [4.69, 9.17) is 0 Å². The van der Waals surface area contributed by atoms with Gasteiger partial charge >= 0.3 is 0 Å². The van der Waals surface area contributed by atoms with Crippen LogP contribution >= 0.6 is 0 Å². The van der Waals surface area contributed by atoms with Gasteiger partial charge in [-0.1, -0.05) is 70.2 Å². The third-order valence-electron chi connectivity index (χ3n) is 6.67. The zero-order valence-electron chi connectivity index (χ0n) is 18.7. The fraction of sp³-hybridized carbons (Fsp3) is 0.444. The lowest BCUT2D eigenvalue weighted by atomic mass is 9.62. The highest BCUT2D eigenvalue weighted by molar-refractivity contribution is 6.09. The molecule has 4 heteroatoms. The maximum absolute atomic E-state index is 13.2. The molecule has 0 aromatic heterocycles. The number of hydrogen-bond acceptors (Lipinski definition) is 4. The van der Waals surface area contributed by atoms with Gasteiger partial charge < -0.3 is 5.11 Å². The summed E-state index contributed by atoms with van der Waals surface area (Å²) in [5.41, 5.74) is 0.259. The van der Waals surface area contributed by atoms with E-state index in [9.17, 15) is 19.5 Å². The zero-order chi connectivity index (χ0) is 22.6. The molecule has 31 heavy (non-hydrogen) atoms. The zero-order valence-corrected chi connectivity index (χ0v) is 18.7. The fourth-order valence-electron chi connectivity index (χ4n) is 5.36. The second kappa shape index (κ2) is 7.44. The molecule has 0 saturated heterocycles. The highest BCUT2D eigenvalue weighted by Crippen LogP contribution is 2.47. The van der Waals surface area contributed by atoms with Gasteiger partial charge in [-0.3, -0.25) is 14.4 Å². The monoisotopic (exact) mass is 418 g/mol. The van der Waals surface area contributed by atoms with Gasteiger partial charge in [0.2, 0.25) is 0 Å². The summed E-state index contributed by atoms with van der Waals surface area (Å²) in [7, 11) is 0. The number of aliphatic hydroxyl groups excluding tert-OH is 1. The largest absolute Gasteiger partial charge is 0.512 e. The Labute approximate surface area is 183 Å². The molecule has 1 fully saturated rings. The SMILES string of the molecule is CC1(C)CC(=O)C([C@H](C2=C(O)CC(C)(C)CC2=O)c2ccc3ccccc3c2)C(=O)C1. The molecule has 0 radical (unpaired) electrons. The number of carbonyl (C=O) groups excluding carboxylic acids is 3. The van der Waals surface area contributed by atoms with Crippen molar-refractivity contribution in [2.75, 3.05) is 0 Å². The molecule has 1 atom stereocenters. The Morgan fingerprint density at radius 1 is 0.806 bits per heavy atom. The van der Waals surface area contributed by atoms with Crippen LogP contribution in [0.2, 0.25) is 0 Å². The van der Waals surface area contributed by atoms with E-state index in [0.717, 1.165) is 16.3 Å². The average molecular weight is 419 g/mol. The van der Waals surface area contributed by atoms with E-state index < -0.39 is 11.8 Å². The van der Waals surface area contributed by atoms with Crippen molar-refractivity contribution >= 4 is 28.1 Å². The number of Topliss-reactive ketones (excluding diaryl/α,β-unsaturated/α-hetero) is 3. The summed E-state index contributed by atoms with van der Waals surface area (Å²) >= 11 is 0. The van der Waals surface area contributed by atoms with Crippen molar-refractivity contribution < 1.29 is 19.5 Å². The fourth-order valence-corrected chi connectivity index (χ4v) is 5.36. The van der Waals surface area contributed by atoms with Gasteiger partial charge in [0.05, 0.1) is 5.92 Å². The van der Waals surface area contributed by atoms with Gasteiger partial charge in [0.1, 0.15) is 17.3 Å². The smallest absolute Gasteiger partial charge is 0.163 e. The Morgan fingerprint density at radius 3 is 2.00 bits per heavy atom. The summed E-state index contributed by atoms with van der Waals surface area (Å²) in [6, 6.07) is 13.7. The molecular formula is C27H30O4. The first-order valence-corrected chi connectivity index (χ1v) is 11.0. The Kier molecular flexibility index (Phi) is 5.15. The highest BCUT2D eigenvalue weighted by atomic mass is 16.3. The van der Waals surface area contributed by atoms with Gasteiger partial charge in [-0.25, -0.2) is 0 Å². The third kappa shape index (κ3) is 4.08. The van der Waals surface area contributed by atoms with Crippen LogP contribution in [0.5, 0.6) is 0 Å². The number of carbonyl (C=O) groups is 3. The first-order chi connectivity index (χ1) is 14.5. The van der Waals surface area contributed by atoms with E-state index in [1.165, 1.54) is 0 Å². The van der Waals surface area contributed by atoms with Crippen molar-refractivity contribution in [2.24, 2.45) is 16.7 Å². The summed E-state index contributed by atoms with van der Waals surface area (Å²) in [4.78, 5) is 39.7. The van der Waals surface area contributed by atoms with Crippen LogP contribution in [0.1, 0.15) is 64.9 Å².